The second-order valence-electron chi connectivity index (χ2n) is 9.35. The number of carbonyl (C=O) groups is 2. The fourth-order valence-corrected chi connectivity index (χ4v) is 5.12. The third-order valence-corrected chi connectivity index (χ3v) is 7.04. The van der Waals surface area contributed by atoms with E-state index in [1.807, 2.05) is 79.7 Å². The second-order valence-corrected chi connectivity index (χ2v) is 9.35. The number of anilines is 2. The lowest BCUT2D eigenvalue weighted by atomic mass is 9.78. The van der Waals surface area contributed by atoms with Crippen LogP contribution in [0.2, 0.25) is 0 Å². The zero-order valence-corrected chi connectivity index (χ0v) is 22.3. The number of nitrogens with one attached hydrogen (secondary N) is 1. The van der Waals surface area contributed by atoms with Crippen LogP contribution >= 0.6 is 0 Å². The highest BCUT2D eigenvalue weighted by molar-refractivity contribution is 6.12. The molecule has 1 N–H and O–H groups in total. The molecule has 2 atom stereocenters. The molecule has 0 fully saturated rings. The molecule has 5 rings (SSSR count). The van der Waals surface area contributed by atoms with Crippen molar-refractivity contribution in [1.82, 2.24) is 0 Å². The van der Waals surface area contributed by atoms with Gasteiger partial charge >= 0.3 is 0 Å². The molecule has 2 amide bonds. The quantitative estimate of drug-likeness (QED) is 0.315. The summed E-state index contributed by atoms with van der Waals surface area (Å²) >= 11 is 0. The summed E-state index contributed by atoms with van der Waals surface area (Å²) in [4.78, 5) is 30.0. The molecule has 4 aromatic rings. The van der Waals surface area contributed by atoms with Crippen LogP contribution in [0, 0.1) is 6.92 Å². The Labute approximate surface area is 227 Å². The molecular weight excluding hydrogens is 492 g/mol. The molecule has 0 aliphatic carbocycles. The monoisotopic (exact) mass is 522 g/mol. The van der Waals surface area contributed by atoms with Gasteiger partial charge in [0.25, 0.3) is 5.91 Å². The second kappa shape index (κ2) is 10.9. The van der Waals surface area contributed by atoms with E-state index >= 15 is 0 Å². The summed E-state index contributed by atoms with van der Waals surface area (Å²) in [6.07, 6.45) is 0. The van der Waals surface area contributed by atoms with Gasteiger partial charge in [0.15, 0.2) is 0 Å². The van der Waals surface area contributed by atoms with Crippen molar-refractivity contribution >= 4 is 23.2 Å². The predicted octanol–water partition coefficient (Wildman–Crippen LogP) is 6.14. The Bertz CT molecular complexity index is 1500. The number of hydrogen-bond donors (Lipinski definition) is 1. The highest BCUT2D eigenvalue weighted by Crippen LogP contribution is 2.46. The van der Waals surface area contributed by atoms with Crippen molar-refractivity contribution in [3.05, 3.63) is 113 Å². The molecule has 0 spiro atoms. The van der Waals surface area contributed by atoms with Crippen molar-refractivity contribution in [2.75, 3.05) is 31.5 Å². The van der Waals surface area contributed by atoms with Gasteiger partial charge in [0, 0.05) is 11.3 Å². The summed E-state index contributed by atoms with van der Waals surface area (Å²) in [5, 5.41) is 3.09. The van der Waals surface area contributed by atoms with Crippen LogP contribution in [0.1, 0.15) is 39.0 Å². The Balaban J connectivity index is 1.69. The van der Waals surface area contributed by atoms with E-state index in [2.05, 4.69) is 5.32 Å². The van der Waals surface area contributed by atoms with Crippen LogP contribution in [0.15, 0.2) is 91.0 Å². The third-order valence-electron chi connectivity index (χ3n) is 7.04. The van der Waals surface area contributed by atoms with Crippen molar-refractivity contribution in [1.29, 1.82) is 0 Å². The van der Waals surface area contributed by atoms with Crippen molar-refractivity contribution in [3.63, 3.8) is 0 Å². The zero-order chi connectivity index (χ0) is 27.5. The summed E-state index contributed by atoms with van der Waals surface area (Å²) in [7, 11) is 4.77. The minimum atomic E-state index is -0.723. The Kier molecular flexibility index (Phi) is 7.23. The summed E-state index contributed by atoms with van der Waals surface area (Å²) in [6, 6.07) is 27.0. The van der Waals surface area contributed by atoms with Gasteiger partial charge in [-0.1, -0.05) is 36.4 Å². The minimum Gasteiger partial charge on any atom is -0.497 e. The summed E-state index contributed by atoms with van der Waals surface area (Å²) < 4.78 is 16.2. The number of carbonyl (C=O) groups excluding carboxylic acids is 2. The Morgan fingerprint density at radius 1 is 0.795 bits per heavy atom. The van der Waals surface area contributed by atoms with Crippen LogP contribution in [0.25, 0.3) is 0 Å². The molecular formula is C32H30N2O5. The first-order chi connectivity index (χ1) is 18.9. The molecule has 198 valence electrons. The van der Waals surface area contributed by atoms with E-state index in [9.17, 15) is 9.59 Å². The first-order valence-electron chi connectivity index (χ1n) is 12.6. The van der Waals surface area contributed by atoms with Crippen molar-refractivity contribution < 1.29 is 23.8 Å². The number of methoxy groups -OCH3 is 3. The van der Waals surface area contributed by atoms with Crippen LogP contribution in [-0.4, -0.2) is 33.1 Å². The van der Waals surface area contributed by atoms with E-state index in [0.717, 1.165) is 11.1 Å². The molecule has 0 unspecified atom stereocenters. The average Bonchev–Trinajstić information content (AvgIpc) is 2.97. The lowest BCUT2D eigenvalue weighted by molar-refractivity contribution is -0.118. The maximum Gasteiger partial charge on any atom is 0.259 e. The van der Waals surface area contributed by atoms with Gasteiger partial charge in [-0.25, -0.2) is 0 Å². The first kappa shape index (κ1) is 25.9. The number of hydrogen-bond acceptors (Lipinski definition) is 5. The summed E-state index contributed by atoms with van der Waals surface area (Å²) in [5.41, 5.74) is 4.15. The highest BCUT2D eigenvalue weighted by Gasteiger charge is 2.45. The van der Waals surface area contributed by atoms with E-state index in [-0.39, 0.29) is 11.8 Å². The summed E-state index contributed by atoms with van der Waals surface area (Å²) in [6.45, 7) is 1.95. The first-order valence-corrected chi connectivity index (χ1v) is 12.6. The smallest absolute Gasteiger partial charge is 0.259 e. The molecule has 7 nitrogen and oxygen atoms in total. The van der Waals surface area contributed by atoms with Gasteiger partial charge in [-0.05, 0) is 78.2 Å². The number of benzene rings is 4. The van der Waals surface area contributed by atoms with E-state index in [0.29, 0.717) is 39.8 Å². The van der Waals surface area contributed by atoms with Crippen molar-refractivity contribution in [3.8, 4) is 17.2 Å². The number of ether oxygens (including phenoxy) is 3. The topological polar surface area (TPSA) is 77.1 Å². The van der Waals surface area contributed by atoms with Crippen LogP contribution in [0.5, 0.6) is 17.2 Å². The van der Waals surface area contributed by atoms with E-state index in [4.69, 9.17) is 14.2 Å². The maximum absolute atomic E-state index is 14.3. The number of aryl methyl sites for hydroxylation is 1. The highest BCUT2D eigenvalue weighted by atomic mass is 16.5. The molecule has 7 heteroatoms. The van der Waals surface area contributed by atoms with Gasteiger partial charge in [-0.15, -0.1) is 0 Å². The lowest BCUT2D eigenvalue weighted by Crippen LogP contribution is -2.46. The van der Waals surface area contributed by atoms with E-state index in [1.54, 1.807) is 44.4 Å². The maximum atomic E-state index is 14.3. The van der Waals surface area contributed by atoms with Crippen LogP contribution in [0.3, 0.4) is 0 Å². The van der Waals surface area contributed by atoms with E-state index in [1.165, 1.54) is 0 Å². The summed E-state index contributed by atoms with van der Waals surface area (Å²) in [5.74, 6) is 0.752. The number of nitrogens with zero attached hydrogens (tertiary/aromatic N) is 1. The Morgan fingerprint density at radius 3 is 2.08 bits per heavy atom. The predicted molar refractivity (Wildman–Crippen MR) is 151 cm³/mol. The van der Waals surface area contributed by atoms with Gasteiger partial charge in [0.2, 0.25) is 5.91 Å². The molecule has 0 bridgehead atoms. The van der Waals surface area contributed by atoms with Crippen LogP contribution in [-0.2, 0) is 4.79 Å². The van der Waals surface area contributed by atoms with Crippen LogP contribution < -0.4 is 24.4 Å². The third kappa shape index (κ3) is 4.91. The fourth-order valence-electron chi connectivity index (χ4n) is 5.12. The molecule has 0 radical (unpaired) electrons. The molecule has 39 heavy (non-hydrogen) atoms. The SMILES string of the molecule is COc1ccc([C@H]2[C@H](C(=O)Nc3cc(C)ccc3OC)c3ccccc3C(=O)N2c2ccc(OC)cc2)cc1. The number of amides is 2. The van der Waals surface area contributed by atoms with Gasteiger partial charge < -0.3 is 19.5 Å². The molecule has 1 aliphatic rings. The molecule has 4 aromatic carbocycles. The van der Waals surface area contributed by atoms with Gasteiger partial charge in [0.05, 0.1) is 39.0 Å². The standard InChI is InChI=1S/C32H30N2O5/c1-20-9-18-28(39-4)27(19-20)33-31(35)29-25-7-5-6-8-26(25)32(36)34(22-12-16-24(38-3)17-13-22)30(29)21-10-14-23(37-2)15-11-21/h5-19,29-30H,1-4H3,(H,33,35)/t29-,30+/m1/s1. The Hall–Kier alpha value is -4.78. The fraction of sp³-hybridized carbons (Fsp3) is 0.188. The molecule has 0 saturated heterocycles. The van der Waals surface area contributed by atoms with Crippen molar-refractivity contribution in [2.24, 2.45) is 0 Å². The lowest BCUT2D eigenvalue weighted by Gasteiger charge is -2.42. The average molecular weight is 523 g/mol. The zero-order valence-electron chi connectivity index (χ0n) is 22.3. The largest absolute Gasteiger partial charge is 0.497 e. The van der Waals surface area contributed by atoms with Crippen LogP contribution in [0.4, 0.5) is 11.4 Å². The molecule has 1 heterocycles. The van der Waals surface area contributed by atoms with E-state index < -0.39 is 12.0 Å². The number of rotatable bonds is 7. The van der Waals surface area contributed by atoms with Gasteiger partial charge in [0.1, 0.15) is 17.2 Å². The van der Waals surface area contributed by atoms with Gasteiger partial charge in [-0.2, -0.15) is 0 Å². The molecule has 1 aliphatic heterocycles. The van der Waals surface area contributed by atoms with Crippen molar-refractivity contribution in [2.45, 2.75) is 18.9 Å². The normalized spacial score (nSPS) is 16.3. The molecule has 0 aromatic heterocycles. The van der Waals surface area contributed by atoms with Gasteiger partial charge in [-0.3, -0.25) is 14.5 Å². The minimum absolute atomic E-state index is 0.186. The number of fused-ring (bicyclic) bond motifs is 1. The Morgan fingerprint density at radius 2 is 1.44 bits per heavy atom. The molecule has 0 saturated carbocycles.